The molecule has 0 bridgehead atoms. The molecule has 1 aliphatic carbocycles. The SMILES string of the molecule is CC(C)(C)OC[C@H](NC(=O)CCCCNC(=O)OCC1c2ccccc2-c2ccccc21)C(=O)O. The lowest BCUT2D eigenvalue weighted by Gasteiger charge is -2.23. The maximum absolute atomic E-state index is 12.2. The van der Waals surface area contributed by atoms with Crippen molar-refractivity contribution >= 4 is 18.0 Å². The van der Waals surface area contributed by atoms with Crippen molar-refractivity contribution in [2.24, 2.45) is 0 Å². The van der Waals surface area contributed by atoms with Crippen LogP contribution in [0.15, 0.2) is 48.5 Å². The third-order valence-corrected chi connectivity index (χ3v) is 5.76. The normalized spacial score (nSPS) is 13.5. The largest absolute Gasteiger partial charge is 0.480 e. The molecule has 3 rings (SSSR count). The first-order valence-electron chi connectivity index (χ1n) is 11.9. The van der Waals surface area contributed by atoms with Gasteiger partial charge in [-0.25, -0.2) is 9.59 Å². The van der Waals surface area contributed by atoms with E-state index in [-0.39, 0.29) is 31.5 Å². The minimum absolute atomic E-state index is 0.00119. The Balaban J connectivity index is 1.36. The van der Waals surface area contributed by atoms with Crippen molar-refractivity contribution in [1.29, 1.82) is 0 Å². The second kappa shape index (κ2) is 11.8. The van der Waals surface area contributed by atoms with Crippen molar-refractivity contribution in [2.75, 3.05) is 19.8 Å². The lowest BCUT2D eigenvalue weighted by Crippen LogP contribution is -2.45. The molecule has 0 radical (unpaired) electrons. The highest BCUT2D eigenvalue weighted by Crippen LogP contribution is 2.44. The average molecular weight is 483 g/mol. The van der Waals surface area contributed by atoms with Crippen LogP contribution in [0.5, 0.6) is 0 Å². The van der Waals surface area contributed by atoms with Gasteiger partial charge in [0.1, 0.15) is 6.61 Å². The summed E-state index contributed by atoms with van der Waals surface area (Å²) in [5.74, 6) is -1.50. The average Bonchev–Trinajstić information content (AvgIpc) is 3.13. The molecule has 1 atom stereocenters. The number of benzene rings is 2. The van der Waals surface area contributed by atoms with Crippen LogP contribution >= 0.6 is 0 Å². The predicted octanol–water partition coefficient (Wildman–Crippen LogP) is 4.08. The summed E-state index contributed by atoms with van der Waals surface area (Å²) in [4.78, 5) is 35.6. The zero-order chi connectivity index (χ0) is 25.4. The Labute approximate surface area is 206 Å². The number of carbonyl (C=O) groups excluding carboxylic acids is 2. The van der Waals surface area contributed by atoms with Gasteiger partial charge in [-0.1, -0.05) is 48.5 Å². The fourth-order valence-corrected chi connectivity index (χ4v) is 4.02. The zero-order valence-electron chi connectivity index (χ0n) is 20.5. The molecule has 3 N–H and O–H groups in total. The molecule has 0 heterocycles. The van der Waals surface area contributed by atoms with Gasteiger partial charge in [-0.15, -0.1) is 0 Å². The summed E-state index contributed by atoms with van der Waals surface area (Å²) in [6, 6.07) is 15.2. The van der Waals surface area contributed by atoms with E-state index in [1.165, 1.54) is 11.1 Å². The number of hydrogen-bond donors (Lipinski definition) is 3. The van der Waals surface area contributed by atoms with E-state index in [4.69, 9.17) is 9.47 Å². The van der Waals surface area contributed by atoms with Gasteiger partial charge in [0.2, 0.25) is 5.91 Å². The van der Waals surface area contributed by atoms with Gasteiger partial charge in [0.25, 0.3) is 0 Å². The Morgan fingerprint density at radius 1 is 0.971 bits per heavy atom. The monoisotopic (exact) mass is 482 g/mol. The smallest absolute Gasteiger partial charge is 0.407 e. The highest BCUT2D eigenvalue weighted by Gasteiger charge is 2.29. The fraction of sp³-hybridized carbons (Fsp3) is 0.444. The van der Waals surface area contributed by atoms with Crippen LogP contribution in [-0.4, -0.2) is 54.5 Å². The number of rotatable bonds is 11. The maximum atomic E-state index is 12.2. The summed E-state index contributed by atoms with van der Waals surface area (Å²) in [6.07, 6.45) is 0.725. The van der Waals surface area contributed by atoms with Crippen molar-refractivity contribution in [2.45, 2.75) is 57.6 Å². The molecule has 0 saturated carbocycles. The van der Waals surface area contributed by atoms with Crippen LogP contribution in [0.2, 0.25) is 0 Å². The Morgan fingerprint density at radius 3 is 2.14 bits per heavy atom. The molecule has 0 saturated heterocycles. The lowest BCUT2D eigenvalue weighted by atomic mass is 9.98. The standard InChI is InChI=1S/C27H34N2O6/c1-27(2,3)35-17-23(25(31)32)29-24(30)14-8-9-15-28-26(33)34-16-22-20-12-6-4-10-18(20)19-11-5-7-13-21(19)22/h4-7,10-13,22-23H,8-9,14-17H2,1-3H3,(H,28,33)(H,29,30)(H,31,32)/t23-/m0/s1. The van der Waals surface area contributed by atoms with Crippen LogP contribution in [0.1, 0.15) is 57.1 Å². The molecule has 0 fully saturated rings. The van der Waals surface area contributed by atoms with Crippen LogP contribution < -0.4 is 10.6 Å². The van der Waals surface area contributed by atoms with Gasteiger partial charge in [-0.05, 0) is 55.9 Å². The van der Waals surface area contributed by atoms with E-state index < -0.39 is 23.7 Å². The van der Waals surface area contributed by atoms with E-state index in [1.807, 2.05) is 45.0 Å². The Kier molecular flexibility index (Phi) is 8.87. The molecule has 0 aliphatic heterocycles. The number of hydrogen-bond acceptors (Lipinski definition) is 5. The lowest BCUT2D eigenvalue weighted by molar-refractivity contribution is -0.145. The summed E-state index contributed by atoms with van der Waals surface area (Å²) in [6.45, 7) is 5.95. The summed E-state index contributed by atoms with van der Waals surface area (Å²) in [5.41, 5.74) is 4.15. The number of alkyl carbamates (subject to hydrolysis) is 1. The van der Waals surface area contributed by atoms with Crippen molar-refractivity contribution in [3.8, 4) is 11.1 Å². The van der Waals surface area contributed by atoms with Gasteiger partial charge in [0.05, 0.1) is 12.2 Å². The highest BCUT2D eigenvalue weighted by molar-refractivity contribution is 5.83. The van der Waals surface area contributed by atoms with Gasteiger partial charge in [0.15, 0.2) is 6.04 Å². The molecule has 35 heavy (non-hydrogen) atoms. The number of amides is 2. The number of nitrogens with one attached hydrogen (secondary N) is 2. The zero-order valence-corrected chi connectivity index (χ0v) is 20.5. The van der Waals surface area contributed by atoms with Crippen molar-refractivity contribution in [1.82, 2.24) is 10.6 Å². The molecular weight excluding hydrogens is 448 g/mol. The first kappa shape index (κ1) is 26.2. The number of fused-ring (bicyclic) bond motifs is 3. The minimum atomic E-state index is -1.14. The Bertz CT molecular complexity index is 1000. The van der Waals surface area contributed by atoms with E-state index in [2.05, 4.69) is 34.9 Å². The highest BCUT2D eigenvalue weighted by atomic mass is 16.5. The van der Waals surface area contributed by atoms with Gasteiger partial charge in [0, 0.05) is 18.9 Å². The van der Waals surface area contributed by atoms with Crippen LogP contribution in [0.4, 0.5) is 4.79 Å². The molecular formula is C27H34N2O6. The molecule has 2 amide bonds. The summed E-state index contributed by atoms with van der Waals surface area (Å²) in [5, 5.41) is 14.5. The number of carbonyl (C=O) groups is 3. The van der Waals surface area contributed by atoms with Gasteiger partial charge in [-0.3, -0.25) is 4.79 Å². The van der Waals surface area contributed by atoms with E-state index in [0.29, 0.717) is 19.4 Å². The fourth-order valence-electron chi connectivity index (χ4n) is 4.02. The molecule has 2 aromatic carbocycles. The number of unbranched alkanes of at least 4 members (excludes halogenated alkanes) is 1. The van der Waals surface area contributed by atoms with E-state index in [1.54, 1.807) is 0 Å². The molecule has 0 unspecified atom stereocenters. The molecule has 1 aliphatic rings. The minimum Gasteiger partial charge on any atom is -0.480 e. The topological polar surface area (TPSA) is 114 Å². The van der Waals surface area contributed by atoms with Crippen molar-refractivity contribution in [3.63, 3.8) is 0 Å². The van der Waals surface area contributed by atoms with Crippen LogP contribution in [0.25, 0.3) is 11.1 Å². The number of carboxylic acid groups (broad SMARTS) is 1. The Hall–Kier alpha value is -3.39. The molecule has 8 heteroatoms. The predicted molar refractivity (Wildman–Crippen MR) is 132 cm³/mol. The Morgan fingerprint density at radius 2 is 1.57 bits per heavy atom. The van der Waals surface area contributed by atoms with Gasteiger partial charge >= 0.3 is 12.1 Å². The van der Waals surface area contributed by atoms with Crippen LogP contribution in [-0.2, 0) is 19.1 Å². The second-order valence-electron chi connectivity index (χ2n) is 9.59. The quantitative estimate of drug-likeness (QED) is 0.416. The maximum Gasteiger partial charge on any atom is 0.407 e. The third kappa shape index (κ3) is 7.55. The van der Waals surface area contributed by atoms with Gasteiger partial charge < -0.3 is 25.2 Å². The summed E-state index contributed by atoms with van der Waals surface area (Å²) >= 11 is 0. The van der Waals surface area contributed by atoms with Gasteiger partial charge in [-0.2, -0.15) is 0 Å². The van der Waals surface area contributed by atoms with E-state index in [9.17, 15) is 19.5 Å². The molecule has 8 nitrogen and oxygen atoms in total. The van der Waals surface area contributed by atoms with Crippen molar-refractivity contribution < 1.29 is 29.0 Å². The number of aliphatic carboxylic acids is 1. The van der Waals surface area contributed by atoms with Crippen LogP contribution in [0.3, 0.4) is 0 Å². The first-order chi connectivity index (χ1) is 16.7. The third-order valence-electron chi connectivity index (χ3n) is 5.76. The molecule has 188 valence electrons. The first-order valence-corrected chi connectivity index (χ1v) is 11.9. The number of carboxylic acids is 1. The summed E-state index contributed by atoms with van der Waals surface area (Å²) < 4.78 is 11.0. The van der Waals surface area contributed by atoms with E-state index >= 15 is 0 Å². The molecule has 0 aromatic heterocycles. The summed E-state index contributed by atoms with van der Waals surface area (Å²) in [7, 11) is 0. The molecule has 2 aromatic rings. The number of ether oxygens (including phenoxy) is 2. The molecule has 0 spiro atoms. The van der Waals surface area contributed by atoms with Crippen molar-refractivity contribution in [3.05, 3.63) is 59.7 Å². The van der Waals surface area contributed by atoms with Crippen LogP contribution in [0, 0.1) is 0 Å². The second-order valence-corrected chi connectivity index (χ2v) is 9.59. The van der Waals surface area contributed by atoms with E-state index in [0.717, 1.165) is 11.1 Å².